The van der Waals surface area contributed by atoms with Crippen LogP contribution in [0, 0.1) is 6.92 Å². The van der Waals surface area contributed by atoms with Gasteiger partial charge in [-0.15, -0.1) is 0 Å². The number of aryl methyl sites for hydroxylation is 1. The Hall–Kier alpha value is -3.37. The second-order valence-corrected chi connectivity index (χ2v) is 10.6. The standard InChI is InChI=1S/C24H26N4O5S/c1-15-11-20-21(33-16(2)24(30)26-20)13-22(15)34(31,32)28-9-7-27(8-10-28)23(29)12-17-14-25-19-6-4-3-5-18(17)19/h3-6,11,13-14,16,25H,7-10,12H2,1-2H3,(H,26,30). The number of amides is 2. The number of rotatable bonds is 4. The smallest absolute Gasteiger partial charge is 0.265 e. The first-order valence-corrected chi connectivity index (χ1v) is 12.6. The van der Waals surface area contributed by atoms with Gasteiger partial charge in [0.2, 0.25) is 15.9 Å². The predicted octanol–water partition coefficient (Wildman–Crippen LogP) is 2.27. The largest absolute Gasteiger partial charge is 0.479 e. The SMILES string of the molecule is Cc1cc2c(cc1S(=O)(=O)N1CCN(C(=O)Cc3c[nH]c4ccccc34)CC1)OC(C)C(=O)N2. The van der Waals surface area contributed by atoms with E-state index in [4.69, 9.17) is 4.74 Å². The van der Waals surface area contributed by atoms with E-state index in [-0.39, 0.29) is 36.2 Å². The quantitative estimate of drug-likeness (QED) is 0.593. The zero-order valence-electron chi connectivity index (χ0n) is 19.0. The molecule has 10 heteroatoms. The molecule has 3 heterocycles. The summed E-state index contributed by atoms with van der Waals surface area (Å²) in [5.74, 6) is 0.0460. The Morgan fingerprint density at radius 3 is 2.65 bits per heavy atom. The Bertz CT molecular complexity index is 1390. The van der Waals surface area contributed by atoms with E-state index in [1.807, 2.05) is 30.5 Å². The molecule has 178 valence electrons. The third-order valence-corrected chi connectivity index (χ3v) is 8.47. The highest BCUT2D eigenvalue weighted by Gasteiger charge is 2.33. The van der Waals surface area contributed by atoms with Crippen LogP contribution in [0.1, 0.15) is 18.1 Å². The molecule has 1 saturated heterocycles. The molecule has 0 bridgehead atoms. The van der Waals surface area contributed by atoms with Crippen molar-refractivity contribution in [3.8, 4) is 5.75 Å². The van der Waals surface area contributed by atoms with Crippen molar-refractivity contribution in [3.05, 3.63) is 53.7 Å². The summed E-state index contributed by atoms with van der Waals surface area (Å²) in [6.07, 6.45) is 1.42. The molecule has 3 aromatic rings. The van der Waals surface area contributed by atoms with E-state index < -0.39 is 16.1 Å². The van der Waals surface area contributed by atoms with Crippen molar-refractivity contribution < 1.29 is 22.7 Å². The van der Waals surface area contributed by atoms with Gasteiger partial charge in [0.25, 0.3) is 5.91 Å². The van der Waals surface area contributed by atoms with Crippen molar-refractivity contribution in [3.63, 3.8) is 0 Å². The first-order chi connectivity index (χ1) is 16.2. The Morgan fingerprint density at radius 2 is 1.88 bits per heavy atom. The van der Waals surface area contributed by atoms with Crippen LogP contribution in [0.4, 0.5) is 5.69 Å². The van der Waals surface area contributed by atoms with Gasteiger partial charge in [-0.2, -0.15) is 4.31 Å². The molecule has 1 aromatic heterocycles. The van der Waals surface area contributed by atoms with Gasteiger partial charge in [-0.3, -0.25) is 9.59 Å². The number of piperazine rings is 1. The van der Waals surface area contributed by atoms with Gasteiger partial charge in [0.1, 0.15) is 5.75 Å². The molecule has 2 aromatic carbocycles. The second-order valence-electron chi connectivity index (χ2n) is 8.68. The molecule has 1 atom stereocenters. The molecule has 0 aliphatic carbocycles. The van der Waals surface area contributed by atoms with Crippen molar-refractivity contribution in [2.45, 2.75) is 31.3 Å². The van der Waals surface area contributed by atoms with E-state index in [1.54, 1.807) is 24.8 Å². The van der Waals surface area contributed by atoms with Gasteiger partial charge >= 0.3 is 0 Å². The molecule has 2 aliphatic heterocycles. The summed E-state index contributed by atoms with van der Waals surface area (Å²) in [5.41, 5.74) is 2.91. The highest BCUT2D eigenvalue weighted by atomic mass is 32.2. The fraction of sp³-hybridized carbons (Fsp3) is 0.333. The number of hydrogen-bond donors (Lipinski definition) is 2. The number of sulfonamides is 1. The molecule has 1 fully saturated rings. The van der Waals surface area contributed by atoms with Crippen LogP contribution in [0.15, 0.2) is 47.5 Å². The number of anilines is 1. The van der Waals surface area contributed by atoms with Gasteiger partial charge in [0, 0.05) is 49.3 Å². The number of fused-ring (bicyclic) bond motifs is 2. The summed E-state index contributed by atoms with van der Waals surface area (Å²) in [6.45, 7) is 4.39. The molecule has 2 N–H and O–H groups in total. The van der Waals surface area contributed by atoms with Crippen LogP contribution in [-0.4, -0.2) is 66.7 Å². The Labute approximate surface area is 197 Å². The summed E-state index contributed by atoms with van der Waals surface area (Å²) in [5, 5.41) is 3.76. The zero-order valence-corrected chi connectivity index (χ0v) is 19.8. The normalized spacial score (nSPS) is 18.9. The molecule has 9 nitrogen and oxygen atoms in total. The Morgan fingerprint density at radius 1 is 1.15 bits per heavy atom. The van der Waals surface area contributed by atoms with Crippen LogP contribution in [0.2, 0.25) is 0 Å². The van der Waals surface area contributed by atoms with E-state index >= 15 is 0 Å². The van der Waals surface area contributed by atoms with E-state index in [1.165, 1.54) is 10.4 Å². The lowest BCUT2D eigenvalue weighted by Crippen LogP contribution is -2.51. The van der Waals surface area contributed by atoms with Crippen LogP contribution >= 0.6 is 0 Å². The summed E-state index contributed by atoms with van der Waals surface area (Å²) < 4.78 is 33.8. The highest BCUT2D eigenvalue weighted by Crippen LogP contribution is 2.35. The van der Waals surface area contributed by atoms with Crippen molar-refractivity contribution in [1.29, 1.82) is 0 Å². The molecule has 2 amide bonds. The molecular weight excluding hydrogens is 456 g/mol. The summed E-state index contributed by atoms with van der Waals surface area (Å²) in [4.78, 5) is 29.8. The lowest BCUT2D eigenvalue weighted by atomic mass is 10.1. The molecule has 0 saturated carbocycles. The molecule has 34 heavy (non-hydrogen) atoms. The maximum atomic E-state index is 13.4. The number of nitrogens with zero attached hydrogens (tertiary/aromatic N) is 2. The number of aromatic amines is 1. The van der Waals surface area contributed by atoms with Gasteiger partial charge in [-0.25, -0.2) is 8.42 Å². The van der Waals surface area contributed by atoms with Crippen molar-refractivity contribution in [2.75, 3.05) is 31.5 Å². The lowest BCUT2D eigenvalue weighted by Gasteiger charge is -2.34. The van der Waals surface area contributed by atoms with Crippen LogP contribution in [0.25, 0.3) is 10.9 Å². The van der Waals surface area contributed by atoms with E-state index in [9.17, 15) is 18.0 Å². The molecular formula is C24H26N4O5S. The Kier molecular flexibility index (Phi) is 5.57. The topological polar surface area (TPSA) is 112 Å². The monoisotopic (exact) mass is 482 g/mol. The fourth-order valence-corrected chi connectivity index (χ4v) is 6.13. The minimum atomic E-state index is -3.79. The third-order valence-electron chi connectivity index (χ3n) is 6.43. The first-order valence-electron chi connectivity index (χ1n) is 11.2. The number of carbonyl (C=O) groups is 2. The van der Waals surface area contributed by atoms with Crippen molar-refractivity contribution >= 4 is 38.4 Å². The van der Waals surface area contributed by atoms with Crippen LogP contribution in [-0.2, 0) is 26.0 Å². The van der Waals surface area contributed by atoms with E-state index in [0.29, 0.717) is 30.1 Å². The number of ether oxygens (including phenoxy) is 1. The first kappa shape index (κ1) is 22.4. The van der Waals surface area contributed by atoms with Gasteiger partial charge in [-0.1, -0.05) is 18.2 Å². The van der Waals surface area contributed by atoms with Crippen molar-refractivity contribution in [2.24, 2.45) is 0 Å². The molecule has 5 rings (SSSR count). The lowest BCUT2D eigenvalue weighted by molar-refractivity contribution is -0.131. The number of nitrogens with one attached hydrogen (secondary N) is 2. The minimum Gasteiger partial charge on any atom is -0.479 e. The Balaban J connectivity index is 1.28. The molecule has 0 radical (unpaired) electrons. The average molecular weight is 483 g/mol. The maximum Gasteiger partial charge on any atom is 0.265 e. The maximum absolute atomic E-state index is 13.4. The van der Waals surface area contributed by atoms with Crippen LogP contribution in [0.3, 0.4) is 0 Å². The highest BCUT2D eigenvalue weighted by molar-refractivity contribution is 7.89. The minimum absolute atomic E-state index is 0.0232. The van der Waals surface area contributed by atoms with Gasteiger partial charge in [0.15, 0.2) is 6.10 Å². The van der Waals surface area contributed by atoms with Gasteiger partial charge < -0.3 is 19.9 Å². The number of para-hydroxylation sites is 1. The number of aromatic nitrogens is 1. The zero-order chi connectivity index (χ0) is 24.0. The molecule has 1 unspecified atom stereocenters. The fourth-order valence-electron chi connectivity index (χ4n) is 4.49. The summed E-state index contributed by atoms with van der Waals surface area (Å²) >= 11 is 0. The number of benzene rings is 2. The van der Waals surface area contributed by atoms with E-state index in [0.717, 1.165) is 16.5 Å². The summed E-state index contributed by atoms with van der Waals surface area (Å²) in [6, 6.07) is 10.9. The third kappa shape index (κ3) is 3.92. The van der Waals surface area contributed by atoms with Gasteiger partial charge in [0.05, 0.1) is 17.0 Å². The van der Waals surface area contributed by atoms with Crippen molar-refractivity contribution in [1.82, 2.24) is 14.2 Å². The average Bonchev–Trinajstić information content (AvgIpc) is 3.22. The van der Waals surface area contributed by atoms with E-state index in [2.05, 4.69) is 10.3 Å². The van der Waals surface area contributed by atoms with Gasteiger partial charge in [-0.05, 0) is 37.1 Å². The predicted molar refractivity (Wildman–Crippen MR) is 127 cm³/mol. The summed E-state index contributed by atoms with van der Waals surface area (Å²) in [7, 11) is -3.79. The van der Waals surface area contributed by atoms with Crippen LogP contribution in [0.5, 0.6) is 5.75 Å². The number of hydrogen-bond acceptors (Lipinski definition) is 5. The number of H-pyrrole nitrogens is 1. The number of carbonyl (C=O) groups excluding carboxylic acids is 2. The molecule has 2 aliphatic rings. The van der Waals surface area contributed by atoms with Crippen LogP contribution < -0.4 is 10.1 Å². The molecule has 0 spiro atoms. The second kappa shape index (κ2) is 8.44.